The lowest BCUT2D eigenvalue weighted by Crippen LogP contribution is -2.44. The van der Waals surface area contributed by atoms with Gasteiger partial charge >= 0.3 is 0 Å². The first-order valence-electron chi connectivity index (χ1n) is 9.56. The molecule has 0 aromatic heterocycles. The molecule has 0 saturated carbocycles. The summed E-state index contributed by atoms with van der Waals surface area (Å²) < 4.78 is 5.58. The van der Waals surface area contributed by atoms with Crippen LogP contribution in [0.15, 0.2) is 42.5 Å². The van der Waals surface area contributed by atoms with E-state index in [1.807, 2.05) is 50.2 Å². The first-order valence-corrected chi connectivity index (χ1v) is 9.94. The van der Waals surface area contributed by atoms with E-state index in [9.17, 15) is 4.79 Å². The largest absolute Gasteiger partial charge is 0.492 e. The molecular weight excluding hydrogens is 360 g/mol. The zero-order chi connectivity index (χ0) is 19.2. The van der Waals surface area contributed by atoms with Gasteiger partial charge in [-0.05, 0) is 56.5 Å². The number of likely N-dealkylation sites (tertiary alicyclic amines) is 1. The van der Waals surface area contributed by atoms with Crippen molar-refractivity contribution in [3.63, 3.8) is 0 Å². The molecular formula is C22H27ClN2O2. The van der Waals surface area contributed by atoms with E-state index in [1.165, 1.54) is 5.56 Å². The van der Waals surface area contributed by atoms with Crippen LogP contribution in [0.5, 0.6) is 5.75 Å². The van der Waals surface area contributed by atoms with Crippen molar-refractivity contribution in [2.75, 3.05) is 19.7 Å². The summed E-state index contributed by atoms with van der Waals surface area (Å²) in [7, 11) is 0. The van der Waals surface area contributed by atoms with Crippen LogP contribution in [0.25, 0.3) is 0 Å². The topological polar surface area (TPSA) is 41.6 Å². The summed E-state index contributed by atoms with van der Waals surface area (Å²) in [5.74, 6) is 0.771. The summed E-state index contributed by atoms with van der Waals surface area (Å²) >= 11 is 6.17. The van der Waals surface area contributed by atoms with Crippen LogP contribution in [0.2, 0.25) is 5.02 Å². The second-order valence-corrected chi connectivity index (χ2v) is 7.50. The Morgan fingerprint density at radius 2 is 2.00 bits per heavy atom. The molecule has 0 atom stereocenters. The average Bonchev–Trinajstić information content (AvgIpc) is 2.66. The minimum atomic E-state index is 0.0243. The molecule has 2 aromatic carbocycles. The Labute approximate surface area is 166 Å². The van der Waals surface area contributed by atoms with Gasteiger partial charge in [-0.25, -0.2) is 0 Å². The zero-order valence-electron chi connectivity index (χ0n) is 16.0. The van der Waals surface area contributed by atoms with Crippen LogP contribution < -0.4 is 10.1 Å². The number of piperidine rings is 1. The van der Waals surface area contributed by atoms with E-state index < -0.39 is 0 Å². The normalized spacial score (nSPS) is 15.5. The summed E-state index contributed by atoms with van der Waals surface area (Å²) in [6, 6.07) is 13.9. The second kappa shape index (κ2) is 9.25. The van der Waals surface area contributed by atoms with Crippen molar-refractivity contribution in [2.45, 2.75) is 39.3 Å². The number of rotatable bonds is 6. The van der Waals surface area contributed by atoms with Crippen molar-refractivity contribution in [2.24, 2.45) is 0 Å². The fraction of sp³-hybridized carbons (Fsp3) is 0.409. The predicted molar refractivity (Wildman–Crippen MR) is 110 cm³/mol. The van der Waals surface area contributed by atoms with Gasteiger partial charge in [0.1, 0.15) is 5.75 Å². The first kappa shape index (κ1) is 19.7. The van der Waals surface area contributed by atoms with Crippen molar-refractivity contribution in [3.05, 3.63) is 64.2 Å². The van der Waals surface area contributed by atoms with Crippen molar-refractivity contribution in [1.29, 1.82) is 0 Å². The fourth-order valence-corrected chi connectivity index (χ4v) is 3.63. The van der Waals surface area contributed by atoms with Crippen LogP contribution in [-0.2, 0) is 6.54 Å². The molecule has 144 valence electrons. The van der Waals surface area contributed by atoms with E-state index >= 15 is 0 Å². The van der Waals surface area contributed by atoms with Gasteiger partial charge in [0.05, 0.1) is 11.6 Å². The Hall–Kier alpha value is -2.04. The minimum Gasteiger partial charge on any atom is -0.492 e. The van der Waals surface area contributed by atoms with E-state index in [0.717, 1.165) is 49.4 Å². The lowest BCUT2D eigenvalue weighted by Gasteiger charge is -2.32. The van der Waals surface area contributed by atoms with Crippen molar-refractivity contribution in [1.82, 2.24) is 10.2 Å². The standard InChI is InChI=1S/C22H27ClN2O2/c1-3-27-21-14-17(7-8-20(21)23)15-25-11-9-19(10-12-25)24-22(26)18-6-4-5-16(2)13-18/h4-8,13-14,19H,3,9-12,15H2,1-2H3,(H,24,26). The maximum absolute atomic E-state index is 12.4. The van der Waals surface area contributed by atoms with Crippen LogP contribution in [0.3, 0.4) is 0 Å². The Kier molecular flexibility index (Phi) is 6.75. The van der Waals surface area contributed by atoms with Gasteiger partial charge in [0.25, 0.3) is 5.91 Å². The van der Waals surface area contributed by atoms with Gasteiger partial charge in [0.2, 0.25) is 0 Å². The van der Waals surface area contributed by atoms with Gasteiger partial charge in [-0.3, -0.25) is 9.69 Å². The second-order valence-electron chi connectivity index (χ2n) is 7.09. The van der Waals surface area contributed by atoms with Crippen LogP contribution >= 0.6 is 11.6 Å². The Bertz CT molecular complexity index is 786. The van der Waals surface area contributed by atoms with Crippen LogP contribution in [-0.4, -0.2) is 36.5 Å². The number of amides is 1. The molecule has 1 aliphatic heterocycles. The molecule has 27 heavy (non-hydrogen) atoms. The van der Waals surface area contributed by atoms with Crippen molar-refractivity contribution in [3.8, 4) is 5.75 Å². The molecule has 1 amide bonds. The molecule has 4 nitrogen and oxygen atoms in total. The molecule has 0 spiro atoms. The fourth-order valence-electron chi connectivity index (χ4n) is 3.46. The van der Waals surface area contributed by atoms with Crippen LogP contribution in [0.4, 0.5) is 0 Å². The van der Waals surface area contributed by atoms with Crippen molar-refractivity contribution >= 4 is 17.5 Å². The number of halogens is 1. The summed E-state index contributed by atoms with van der Waals surface area (Å²) in [6.07, 6.45) is 1.92. The average molecular weight is 387 g/mol. The maximum atomic E-state index is 12.4. The third-order valence-electron chi connectivity index (χ3n) is 4.90. The SMILES string of the molecule is CCOc1cc(CN2CCC(NC(=O)c3cccc(C)c3)CC2)ccc1Cl. The van der Waals surface area contributed by atoms with Gasteiger partial charge in [-0.15, -0.1) is 0 Å². The molecule has 0 aliphatic carbocycles. The summed E-state index contributed by atoms with van der Waals surface area (Å²) in [5.41, 5.74) is 3.04. The highest BCUT2D eigenvalue weighted by molar-refractivity contribution is 6.32. The Balaban J connectivity index is 1.50. The number of aryl methyl sites for hydroxylation is 1. The smallest absolute Gasteiger partial charge is 0.251 e. The lowest BCUT2D eigenvalue weighted by atomic mass is 10.0. The molecule has 0 unspecified atom stereocenters. The summed E-state index contributed by atoms with van der Waals surface area (Å²) in [5, 5.41) is 3.83. The quantitative estimate of drug-likeness (QED) is 0.797. The summed E-state index contributed by atoms with van der Waals surface area (Å²) in [6.45, 7) is 7.36. The molecule has 0 bridgehead atoms. The number of hydrogen-bond acceptors (Lipinski definition) is 3. The number of nitrogens with one attached hydrogen (secondary N) is 1. The molecule has 1 heterocycles. The Morgan fingerprint density at radius 3 is 2.70 bits per heavy atom. The third kappa shape index (κ3) is 5.47. The monoisotopic (exact) mass is 386 g/mol. The van der Waals surface area contributed by atoms with Gasteiger partial charge in [0, 0.05) is 31.2 Å². The number of ether oxygens (including phenoxy) is 1. The first-order chi connectivity index (χ1) is 13.0. The Morgan fingerprint density at radius 1 is 1.22 bits per heavy atom. The molecule has 1 aliphatic rings. The highest BCUT2D eigenvalue weighted by Gasteiger charge is 2.21. The lowest BCUT2D eigenvalue weighted by molar-refractivity contribution is 0.0909. The summed E-state index contributed by atoms with van der Waals surface area (Å²) in [4.78, 5) is 14.8. The van der Waals surface area contributed by atoms with E-state index in [1.54, 1.807) is 0 Å². The van der Waals surface area contributed by atoms with E-state index in [2.05, 4.69) is 16.3 Å². The highest BCUT2D eigenvalue weighted by atomic mass is 35.5. The molecule has 1 N–H and O–H groups in total. The molecule has 1 saturated heterocycles. The number of benzene rings is 2. The molecule has 3 rings (SSSR count). The minimum absolute atomic E-state index is 0.0243. The maximum Gasteiger partial charge on any atom is 0.251 e. The highest BCUT2D eigenvalue weighted by Crippen LogP contribution is 2.26. The third-order valence-corrected chi connectivity index (χ3v) is 5.22. The number of carbonyl (C=O) groups is 1. The van der Waals surface area contributed by atoms with E-state index in [-0.39, 0.29) is 11.9 Å². The number of nitrogens with zero attached hydrogens (tertiary/aromatic N) is 1. The van der Waals surface area contributed by atoms with Gasteiger partial charge in [0.15, 0.2) is 0 Å². The van der Waals surface area contributed by atoms with Crippen molar-refractivity contribution < 1.29 is 9.53 Å². The van der Waals surface area contributed by atoms with E-state index in [4.69, 9.17) is 16.3 Å². The molecule has 5 heteroatoms. The van der Waals surface area contributed by atoms with Gasteiger partial charge < -0.3 is 10.1 Å². The van der Waals surface area contributed by atoms with Crippen LogP contribution in [0, 0.1) is 6.92 Å². The number of carbonyl (C=O) groups excluding carboxylic acids is 1. The van der Waals surface area contributed by atoms with Gasteiger partial charge in [-0.1, -0.05) is 35.4 Å². The van der Waals surface area contributed by atoms with E-state index in [0.29, 0.717) is 11.6 Å². The molecule has 1 fully saturated rings. The molecule has 2 aromatic rings. The predicted octanol–water partition coefficient (Wildman–Crippen LogP) is 4.44. The van der Waals surface area contributed by atoms with Gasteiger partial charge in [-0.2, -0.15) is 0 Å². The number of hydrogen-bond donors (Lipinski definition) is 1. The zero-order valence-corrected chi connectivity index (χ0v) is 16.8. The van der Waals surface area contributed by atoms with Crippen LogP contribution in [0.1, 0.15) is 41.3 Å². The molecule has 0 radical (unpaired) electrons.